The molecule has 0 aromatic rings. The van der Waals surface area contributed by atoms with Gasteiger partial charge in [-0.1, -0.05) is 0 Å². The van der Waals surface area contributed by atoms with Gasteiger partial charge in [0.05, 0.1) is 18.3 Å². The van der Waals surface area contributed by atoms with Crippen LogP contribution in [0.5, 0.6) is 0 Å². The van der Waals surface area contributed by atoms with E-state index in [2.05, 4.69) is 17.9 Å². The van der Waals surface area contributed by atoms with Gasteiger partial charge in [0, 0.05) is 5.92 Å². The van der Waals surface area contributed by atoms with E-state index in [9.17, 15) is 4.79 Å². The van der Waals surface area contributed by atoms with Crippen molar-refractivity contribution < 1.29 is 14.8 Å². The minimum Gasteiger partial charge on any atom is -0.458 e. The van der Waals surface area contributed by atoms with Gasteiger partial charge in [-0.15, -0.1) is 0 Å². The van der Waals surface area contributed by atoms with Crippen LogP contribution in [0.15, 0.2) is 0 Å². The molecule has 0 aliphatic carbocycles. The Balaban J connectivity index is 2.52. The minimum atomic E-state index is -0.356. The molecule has 0 radical (unpaired) electrons. The van der Waals surface area contributed by atoms with Crippen LogP contribution >= 0.6 is 12.6 Å². The number of hydrogen-bond donors (Lipinski definition) is 2. The summed E-state index contributed by atoms with van der Waals surface area (Å²) in [6.45, 7) is 8.01. The maximum Gasteiger partial charge on any atom is 0.319 e. The molecule has 2 atom stereocenters. The van der Waals surface area contributed by atoms with Crippen LogP contribution in [0.2, 0.25) is 0 Å². The van der Waals surface area contributed by atoms with Crippen molar-refractivity contribution in [3.05, 3.63) is 0 Å². The number of quaternary nitrogens is 1. The summed E-state index contributed by atoms with van der Waals surface area (Å²) in [6, 6.07) is 0. The van der Waals surface area contributed by atoms with Crippen molar-refractivity contribution in [3.63, 3.8) is 0 Å². The average Bonchev–Trinajstić information content (AvgIpc) is 2.18. The number of carbonyl (C=O) groups is 1. The fraction of sp³-hybridized carbons (Fsp3) is 0.909. The van der Waals surface area contributed by atoms with E-state index in [-0.39, 0.29) is 16.8 Å². The minimum absolute atomic E-state index is 0.214. The number of piperidine rings is 1. The fourth-order valence-corrected chi connectivity index (χ4v) is 2.06. The van der Waals surface area contributed by atoms with Gasteiger partial charge in [0.1, 0.15) is 5.60 Å². The molecule has 15 heavy (non-hydrogen) atoms. The van der Waals surface area contributed by atoms with Crippen LogP contribution in [0.1, 0.15) is 33.6 Å². The number of thiol groups is 1. The van der Waals surface area contributed by atoms with E-state index in [1.54, 1.807) is 6.92 Å². The number of nitrogens with two attached hydrogens (primary N) is 1. The van der Waals surface area contributed by atoms with Crippen molar-refractivity contribution in [1.82, 2.24) is 0 Å². The maximum absolute atomic E-state index is 11.5. The number of hydrogen-bond acceptors (Lipinski definition) is 3. The van der Waals surface area contributed by atoms with Gasteiger partial charge in [-0.3, -0.25) is 4.79 Å². The van der Waals surface area contributed by atoms with Crippen molar-refractivity contribution in [3.8, 4) is 0 Å². The molecule has 1 saturated heterocycles. The molecule has 0 aromatic heterocycles. The second-order valence-corrected chi connectivity index (χ2v) is 5.63. The Hall–Kier alpha value is -0.220. The Morgan fingerprint density at radius 3 is 2.73 bits per heavy atom. The van der Waals surface area contributed by atoms with Crippen LogP contribution in [-0.2, 0) is 9.53 Å². The lowest BCUT2D eigenvalue weighted by atomic mass is 9.85. The molecule has 0 bridgehead atoms. The van der Waals surface area contributed by atoms with E-state index in [0.29, 0.717) is 5.92 Å². The summed E-state index contributed by atoms with van der Waals surface area (Å²) in [5.74, 6) is 0.246. The molecule has 1 fully saturated rings. The Morgan fingerprint density at radius 2 is 2.27 bits per heavy atom. The third-order valence-corrected chi connectivity index (χ3v) is 3.31. The van der Waals surface area contributed by atoms with Crippen LogP contribution in [0.25, 0.3) is 0 Å². The summed E-state index contributed by atoms with van der Waals surface area (Å²) < 4.78 is 5.50. The molecular weight excluding hydrogens is 210 g/mol. The van der Waals surface area contributed by atoms with Crippen LogP contribution in [0, 0.1) is 5.92 Å². The zero-order valence-corrected chi connectivity index (χ0v) is 10.7. The lowest BCUT2D eigenvalue weighted by Crippen LogP contribution is -2.88. The van der Waals surface area contributed by atoms with Gasteiger partial charge >= 0.3 is 5.97 Å². The molecule has 2 unspecified atom stereocenters. The second kappa shape index (κ2) is 5.21. The van der Waals surface area contributed by atoms with Crippen molar-refractivity contribution in [2.45, 2.75) is 44.5 Å². The Morgan fingerprint density at radius 1 is 1.60 bits per heavy atom. The monoisotopic (exact) mass is 232 g/mol. The summed E-state index contributed by atoms with van der Waals surface area (Å²) in [5.41, 5.74) is -0.356. The first-order chi connectivity index (χ1) is 6.93. The molecule has 0 saturated carbocycles. The number of carbonyl (C=O) groups excluding carboxylic acids is 1. The largest absolute Gasteiger partial charge is 0.458 e. The highest BCUT2D eigenvalue weighted by Gasteiger charge is 2.36. The van der Waals surface area contributed by atoms with Crippen molar-refractivity contribution >= 4 is 18.6 Å². The normalized spacial score (nSPS) is 24.7. The summed E-state index contributed by atoms with van der Waals surface area (Å²) in [6.07, 6.45) is 2.36. The molecule has 3 nitrogen and oxygen atoms in total. The summed E-state index contributed by atoms with van der Waals surface area (Å²) in [4.78, 5) is 11.5. The molecule has 1 rings (SSSR count). The number of rotatable bonds is 3. The predicted molar refractivity (Wildman–Crippen MR) is 63.0 cm³/mol. The van der Waals surface area contributed by atoms with E-state index in [4.69, 9.17) is 4.74 Å². The molecular formula is C11H22NO2S+. The molecule has 88 valence electrons. The lowest BCUT2D eigenvalue weighted by molar-refractivity contribution is -0.671. The van der Waals surface area contributed by atoms with Crippen LogP contribution in [0.3, 0.4) is 0 Å². The van der Waals surface area contributed by atoms with Crippen molar-refractivity contribution in [2.75, 3.05) is 13.1 Å². The summed E-state index contributed by atoms with van der Waals surface area (Å²) in [5, 5.41) is 1.96. The highest BCUT2D eigenvalue weighted by molar-refractivity contribution is 7.81. The van der Waals surface area contributed by atoms with E-state index in [1.165, 1.54) is 13.0 Å². The van der Waals surface area contributed by atoms with Gasteiger partial charge < -0.3 is 10.1 Å². The van der Waals surface area contributed by atoms with Crippen molar-refractivity contribution in [2.24, 2.45) is 5.92 Å². The van der Waals surface area contributed by atoms with E-state index in [1.807, 2.05) is 13.8 Å². The fourth-order valence-electron chi connectivity index (χ4n) is 2.00. The lowest BCUT2D eigenvalue weighted by Gasteiger charge is -2.35. The van der Waals surface area contributed by atoms with Crippen LogP contribution in [0.4, 0.5) is 0 Å². The Kier molecular flexibility index (Phi) is 4.46. The first-order valence-corrected chi connectivity index (χ1v) is 6.17. The smallest absolute Gasteiger partial charge is 0.319 e. The molecule has 2 N–H and O–H groups in total. The van der Waals surface area contributed by atoms with E-state index >= 15 is 0 Å². The maximum atomic E-state index is 11.5. The third kappa shape index (κ3) is 3.68. The SMILES string of the molecule is CC(S)C(=O)OC(C)(C)C1CCC[NH2+]C1. The van der Waals surface area contributed by atoms with Crippen LogP contribution < -0.4 is 5.32 Å². The summed E-state index contributed by atoms with van der Waals surface area (Å²) >= 11 is 4.09. The Labute approximate surface area is 97.4 Å². The molecule has 1 heterocycles. The van der Waals surface area contributed by atoms with Gasteiger partial charge in [0.15, 0.2) is 0 Å². The molecule has 1 aliphatic rings. The van der Waals surface area contributed by atoms with Gasteiger partial charge in [-0.05, 0) is 33.6 Å². The highest BCUT2D eigenvalue weighted by atomic mass is 32.1. The topological polar surface area (TPSA) is 42.9 Å². The number of ether oxygens (including phenoxy) is 1. The second-order valence-electron chi connectivity index (χ2n) is 4.85. The quantitative estimate of drug-likeness (QED) is 0.553. The zero-order valence-electron chi connectivity index (χ0n) is 9.82. The average molecular weight is 232 g/mol. The highest BCUT2D eigenvalue weighted by Crippen LogP contribution is 2.26. The van der Waals surface area contributed by atoms with Crippen LogP contribution in [-0.4, -0.2) is 29.9 Å². The standard InChI is InChI=1S/C11H21NO2S/c1-8(15)10(13)14-11(2,3)9-5-4-6-12-7-9/h8-9,12,15H,4-7H2,1-3H3/p+1. The molecule has 0 aromatic carbocycles. The summed E-state index contributed by atoms with van der Waals surface area (Å²) in [7, 11) is 0. The van der Waals surface area contributed by atoms with Gasteiger partial charge in [-0.2, -0.15) is 12.6 Å². The number of esters is 1. The zero-order chi connectivity index (χ0) is 11.5. The van der Waals surface area contributed by atoms with Gasteiger partial charge in [-0.25, -0.2) is 0 Å². The first kappa shape index (κ1) is 12.8. The molecule has 0 spiro atoms. The first-order valence-electron chi connectivity index (χ1n) is 5.66. The molecule has 0 amide bonds. The van der Waals surface area contributed by atoms with E-state index in [0.717, 1.165) is 13.0 Å². The molecule has 4 heteroatoms. The Bertz CT molecular complexity index is 223. The molecule has 1 aliphatic heterocycles. The third-order valence-electron chi connectivity index (χ3n) is 3.10. The van der Waals surface area contributed by atoms with Gasteiger partial charge in [0.2, 0.25) is 0 Å². The van der Waals surface area contributed by atoms with Gasteiger partial charge in [0.25, 0.3) is 0 Å². The van der Waals surface area contributed by atoms with Crippen molar-refractivity contribution in [1.29, 1.82) is 0 Å². The van der Waals surface area contributed by atoms with E-state index < -0.39 is 0 Å². The predicted octanol–water partition coefficient (Wildman–Crippen LogP) is 0.600.